The molecule has 0 aromatic heterocycles. The minimum absolute atomic E-state index is 0.125. The van der Waals surface area contributed by atoms with Crippen LogP contribution in [-0.2, 0) is 10.0 Å². The molecule has 128 valence electrons. The highest BCUT2D eigenvalue weighted by molar-refractivity contribution is 7.89. The highest BCUT2D eigenvalue weighted by Crippen LogP contribution is 2.22. The smallest absolute Gasteiger partial charge is 0.289 e. The first-order chi connectivity index (χ1) is 11.4. The lowest BCUT2D eigenvalue weighted by molar-refractivity contribution is -0.387. The largest absolute Gasteiger partial charge is 0.494 e. The zero-order chi connectivity index (χ0) is 17.6. The van der Waals surface area contributed by atoms with Gasteiger partial charge in [0.2, 0.25) is 10.0 Å². The fraction of sp³-hybridized carbons (Fsp3) is 0.250. The van der Waals surface area contributed by atoms with E-state index >= 15 is 0 Å². The normalized spacial score (nSPS) is 11.2. The lowest BCUT2D eigenvalue weighted by Gasteiger charge is -2.09. The van der Waals surface area contributed by atoms with Crippen molar-refractivity contribution in [3.63, 3.8) is 0 Å². The molecule has 0 saturated carbocycles. The Morgan fingerprint density at radius 1 is 1.17 bits per heavy atom. The van der Waals surface area contributed by atoms with Gasteiger partial charge in [-0.15, -0.1) is 0 Å². The standard InChI is InChI=1S/C16H18N2O5S/c1-13-6-4-7-14(12-13)23-11-5-10-17-24(21,22)16-9-3-2-8-15(16)18(19)20/h2-4,6-9,12,17H,5,10-11H2,1H3. The second kappa shape index (κ2) is 7.89. The van der Waals surface area contributed by atoms with Crippen molar-refractivity contribution in [3.05, 3.63) is 64.2 Å². The Bertz CT molecular complexity index is 821. The zero-order valence-corrected chi connectivity index (χ0v) is 14.0. The molecule has 2 rings (SSSR count). The number of hydrogen-bond donors (Lipinski definition) is 1. The lowest BCUT2D eigenvalue weighted by Crippen LogP contribution is -2.26. The van der Waals surface area contributed by atoms with E-state index in [1.54, 1.807) is 0 Å². The monoisotopic (exact) mass is 350 g/mol. The number of rotatable bonds is 8. The van der Waals surface area contributed by atoms with Gasteiger partial charge in [0.05, 0.1) is 11.5 Å². The topological polar surface area (TPSA) is 98.5 Å². The van der Waals surface area contributed by atoms with Gasteiger partial charge in [0.1, 0.15) is 5.75 Å². The van der Waals surface area contributed by atoms with Crippen LogP contribution < -0.4 is 9.46 Å². The van der Waals surface area contributed by atoms with E-state index in [1.165, 1.54) is 18.2 Å². The lowest BCUT2D eigenvalue weighted by atomic mass is 10.2. The van der Waals surface area contributed by atoms with Gasteiger partial charge < -0.3 is 4.74 Å². The molecule has 0 bridgehead atoms. The number of hydrogen-bond acceptors (Lipinski definition) is 5. The first-order valence-corrected chi connectivity index (χ1v) is 8.81. The van der Waals surface area contributed by atoms with Crippen LogP contribution in [0.15, 0.2) is 53.4 Å². The summed E-state index contributed by atoms with van der Waals surface area (Å²) in [7, 11) is -3.93. The molecule has 0 spiro atoms. The second-order valence-electron chi connectivity index (χ2n) is 5.14. The summed E-state index contributed by atoms with van der Waals surface area (Å²) < 4.78 is 32.2. The van der Waals surface area contributed by atoms with Crippen LogP contribution in [0.2, 0.25) is 0 Å². The number of aryl methyl sites for hydroxylation is 1. The summed E-state index contributed by atoms with van der Waals surface area (Å²) in [5, 5.41) is 10.9. The van der Waals surface area contributed by atoms with E-state index in [2.05, 4.69) is 4.72 Å². The van der Waals surface area contributed by atoms with Gasteiger partial charge in [0.15, 0.2) is 4.90 Å². The zero-order valence-electron chi connectivity index (χ0n) is 13.1. The predicted molar refractivity (Wildman–Crippen MR) is 89.6 cm³/mol. The van der Waals surface area contributed by atoms with Crippen molar-refractivity contribution in [2.75, 3.05) is 13.2 Å². The van der Waals surface area contributed by atoms with Crippen molar-refractivity contribution >= 4 is 15.7 Å². The number of nitro benzene ring substituents is 1. The number of ether oxygens (including phenoxy) is 1. The van der Waals surface area contributed by atoms with Crippen molar-refractivity contribution < 1.29 is 18.1 Å². The van der Waals surface area contributed by atoms with E-state index in [4.69, 9.17) is 4.74 Å². The summed E-state index contributed by atoms with van der Waals surface area (Å²) in [4.78, 5) is 9.87. The van der Waals surface area contributed by atoms with Gasteiger partial charge in [-0.05, 0) is 37.1 Å². The van der Waals surface area contributed by atoms with Crippen LogP contribution in [0, 0.1) is 17.0 Å². The molecule has 2 aromatic rings. The van der Waals surface area contributed by atoms with Gasteiger partial charge in [0, 0.05) is 12.6 Å². The Balaban J connectivity index is 1.88. The highest BCUT2D eigenvalue weighted by Gasteiger charge is 2.24. The molecule has 0 unspecified atom stereocenters. The molecule has 0 radical (unpaired) electrons. The molecule has 7 nitrogen and oxygen atoms in total. The van der Waals surface area contributed by atoms with E-state index < -0.39 is 20.6 Å². The summed E-state index contributed by atoms with van der Waals surface area (Å²) in [5.41, 5.74) is 0.630. The summed E-state index contributed by atoms with van der Waals surface area (Å²) in [5.74, 6) is 0.719. The molecule has 0 aliphatic rings. The number of nitrogens with zero attached hydrogens (tertiary/aromatic N) is 1. The summed E-state index contributed by atoms with van der Waals surface area (Å²) in [6, 6.07) is 12.8. The van der Waals surface area contributed by atoms with Crippen LogP contribution in [0.25, 0.3) is 0 Å². The van der Waals surface area contributed by atoms with Gasteiger partial charge in [-0.3, -0.25) is 10.1 Å². The first kappa shape index (κ1) is 17.9. The number of nitrogens with one attached hydrogen (secondary N) is 1. The third-order valence-corrected chi connectivity index (χ3v) is 4.73. The maximum atomic E-state index is 12.2. The van der Waals surface area contributed by atoms with Crippen LogP contribution in [0.5, 0.6) is 5.75 Å². The van der Waals surface area contributed by atoms with Crippen LogP contribution in [0.3, 0.4) is 0 Å². The molecular weight excluding hydrogens is 332 g/mol. The van der Waals surface area contributed by atoms with Crippen molar-refractivity contribution in [1.29, 1.82) is 0 Å². The Labute approximate surface area is 140 Å². The molecular formula is C16H18N2O5S. The number of nitro groups is 1. The fourth-order valence-corrected chi connectivity index (χ4v) is 3.33. The SMILES string of the molecule is Cc1cccc(OCCCNS(=O)(=O)c2ccccc2[N+](=O)[O-])c1. The Kier molecular flexibility index (Phi) is 5.88. The highest BCUT2D eigenvalue weighted by atomic mass is 32.2. The molecule has 0 heterocycles. The molecule has 0 saturated heterocycles. The quantitative estimate of drug-likeness (QED) is 0.448. The molecule has 0 aliphatic heterocycles. The maximum Gasteiger partial charge on any atom is 0.289 e. The Hall–Kier alpha value is -2.45. The molecule has 24 heavy (non-hydrogen) atoms. The molecule has 8 heteroatoms. The Morgan fingerprint density at radius 2 is 1.92 bits per heavy atom. The van der Waals surface area contributed by atoms with Crippen molar-refractivity contribution in [1.82, 2.24) is 4.72 Å². The third kappa shape index (κ3) is 4.77. The second-order valence-corrected chi connectivity index (χ2v) is 6.88. The summed E-state index contributed by atoms with van der Waals surface area (Å²) >= 11 is 0. The van der Waals surface area contributed by atoms with Crippen molar-refractivity contribution in [2.24, 2.45) is 0 Å². The number of sulfonamides is 1. The van der Waals surface area contributed by atoms with Crippen LogP contribution in [0.4, 0.5) is 5.69 Å². The van der Waals surface area contributed by atoms with E-state index in [0.29, 0.717) is 13.0 Å². The minimum atomic E-state index is -3.93. The predicted octanol–water partition coefficient (Wildman–Crippen LogP) is 2.65. The van der Waals surface area contributed by atoms with Gasteiger partial charge in [-0.1, -0.05) is 24.3 Å². The molecule has 0 fully saturated rings. The fourth-order valence-electron chi connectivity index (χ4n) is 2.09. The van der Waals surface area contributed by atoms with Crippen LogP contribution in [-0.4, -0.2) is 26.5 Å². The molecule has 1 N–H and O–H groups in total. The molecule has 0 amide bonds. The van der Waals surface area contributed by atoms with Crippen molar-refractivity contribution in [2.45, 2.75) is 18.2 Å². The maximum absolute atomic E-state index is 12.2. The van der Waals surface area contributed by atoms with Gasteiger partial charge in [0.25, 0.3) is 5.69 Å². The van der Waals surface area contributed by atoms with Gasteiger partial charge in [-0.2, -0.15) is 0 Å². The molecule has 0 atom stereocenters. The van der Waals surface area contributed by atoms with Crippen LogP contribution >= 0.6 is 0 Å². The van der Waals surface area contributed by atoms with Crippen molar-refractivity contribution in [3.8, 4) is 5.75 Å². The van der Waals surface area contributed by atoms with E-state index in [-0.39, 0.29) is 11.4 Å². The Morgan fingerprint density at radius 3 is 2.62 bits per heavy atom. The average molecular weight is 350 g/mol. The number of benzene rings is 2. The summed E-state index contributed by atoms with van der Waals surface area (Å²) in [6.07, 6.45) is 0.438. The first-order valence-electron chi connectivity index (χ1n) is 7.33. The van der Waals surface area contributed by atoms with E-state index in [0.717, 1.165) is 17.4 Å². The van der Waals surface area contributed by atoms with Gasteiger partial charge in [-0.25, -0.2) is 13.1 Å². The molecule has 0 aliphatic carbocycles. The van der Waals surface area contributed by atoms with E-state index in [9.17, 15) is 18.5 Å². The van der Waals surface area contributed by atoms with Gasteiger partial charge >= 0.3 is 0 Å². The van der Waals surface area contributed by atoms with E-state index in [1.807, 2.05) is 31.2 Å². The third-order valence-electron chi connectivity index (χ3n) is 3.22. The van der Waals surface area contributed by atoms with Crippen LogP contribution in [0.1, 0.15) is 12.0 Å². The number of para-hydroxylation sites is 1. The minimum Gasteiger partial charge on any atom is -0.494 e. The summed E-state index contributed by atoms with van der Waals surface area (Å²) in [6.45, 7) is 2.41. The average Bonchev–Trinajstić information content (AvgIpc) is 2.54. The molecule has 2 aromatic carbocycles.